The van der Waals surface area contributed by atoms with Gasteiger partial charge < -0.3 is 5.32 Å². The molecule has 0 aliphatic carbocycles. The lowest BCUT2D eigenvalue weighted by molar-refractivity contribution is 0.543. The van der Waals surface area contributed by atoms with Crippen molar-refractivity contribution >= 4 is 28.6 Å². The maximum absolute atomic E-state index is 12.0. The number of nitrogens with zero attached hydrogens (tertiary/aromatic N) is 2. The van der Waals surface area contributed by atoms with E-state index in [-0.39, 0.29) is 10.6 Å². The Kier molecular flexibility index (Phi) is 5.61. The Morgan fingerprint density at radius 2 is 2.35 bits per heavy atom. The minimum atomic E-state index is -0.221. The van der Waals surface area contributed by atoms with E-state index in [2.05, 4.69) is 28.8 Å². The van der Waals surface area contributed by atoms with Crippen molar-refractivity contribution in [2.24, 2.45) is 0 Å². The molecule has 0 aromatic carbocycles. The molecule has 4 nitrogen and oxygen atoms in total. The third-order valence-corrected chi connectivity index (χ3v) is 4.28. The monoisotopic (exact) mass is 311 g/mol. The number of thiophene rings is 1. The number of rotatable bonds is 7. The lowest BCUT2D eigenvalue weighted by Gasteiger charge is -2.09. The predicted molar refractivity (Wildman–Crippen MR) is 84.9 cm³/mol. The number of anilines is 1. The van der Waals surface area contributed by atoms with Crippen molar-refractivity contribution in [3.8, 4) is 0 Å². The normalized spacial score (nSPS) is 10.7. The number of hydrogen-bond donors (Lipinski definition) is 1. The van der Waals surface area contributed by atoms with Crippen molar-refractivity contribution in [1.29, 1.82) is 0 Å². The maximum Gasteiger partial charge on any atom is 0.287 e. The first-order valence-corrected chi connectivity index (χ1v) is 8.00. The van der Waals surface area contributed by atoms with Crippen LogP contribution in [0.4, 0.5) is 5.69 Å². The SMILES string of the molecule is CCCCn1ncc(NCCc2cccs2)c(Cl)c1=O. The Bertz CT molecular complexity index is 595. The number of unbranched alkanes of at least 4 members (excludes halogenated alkanes) is 1. The first-order chi connectivity index (χ1) is 9.72. The van der Waals surface area contributed by atoms with Crippen LogP contribution >= 0.6 is 22.9 Å². The summed E-state index contributed by atoms with van der Waals surface area (Å²) >= 11 is 7.83. The highest BCUT2D eigenvalue weighted by Gasteiger charge is 2.08. The summed E-state index contributed by atoms with van der Waals surface area (Å²) < 4.78 is 1.43. The van der Waals surface area contributed by atoms with E-state index in [0.29, 0.717) is 12.2 Å². The van der Waals surface area contributed by atoms with Crippen molar-refractivity contribution in [1.82, 2.24) is 9.78 Å². The summed E-state index contributed by atoms with van der Waals surface area (Å²) in [5, 5.41) is 9.60. The summed E-state index contributed by atoms with van der Waals surface area (Å²) in [6.07, 6.45) is 4.49. The molecule has 2 heterocycles. The van der Waals surface area contributed by atoms with Gasteiger partial charge >= 0.3 is 0 Å². The van der Waals surface area contributed by atoms with Gasteiger partial charge in [-0.3, -0.25) is 4.79 Å². The van der Waals surface area contributed by atoms with E-state index < -0.39 is 0 Å². The fourth-order valence-corrected chi connectivity index (χ4v) is 2.75. The van der Waals surface area contributed by atoms with Gasteiger partial charge in [0.25, 0.3) is 5.56 Å². The Balaban J connectivity index is 1.98. The van der Waals surface area contributed by atoms with Gasteiger partial charge in [0.15, 0.2) is 0 Å². The summed E-state index contributed by atoms with van der Waals surface area (Å²) in [4.78, 5) is 13.3. The third kappa shape index (κ3) is 3.84. The molecule has 20 heavy (non-hydrogen) atoms. The van der Waals surface area contributed by atoms with E-state index in [0.717, 1.165) is 25.8 Å². The number of nitrogens with one attached hydrogen (secondary N) is 1. The molecule has 0 bridgehead atoms. The Hall–Kier alpha value is -1.33. The molecule has 0 fully saturated rings. The predicted octanol–water partition coefficient (Wildman–Crippen LogP) is 3.41. The molecular weight excluding hydrogens is 294 g/mol. The first-order valence-electron chi connectivity index (χ1n) is 6.74. The molecule has 108 valence electrons. The van der Waals surface area contributed by atoms with E-state index >= 15 is 0 Å². The van der Waals surface area contributed by atoms with Crippen molar-refractivity contribution in [3.05, 3.63) is 44.0 Å². The van der Waals surface area contributed by atoms with Gasteiger partial charge in [-0.1, -0.05) is 31.0 Å². The Morgan fingerprint density at radius 1 is 1.50 bits per heavy atom. The lowest BCUT2D eigenvalue weighted by Crippen LogP contribution is -2.24. The van der Waals surface area contributed by atoms with Crippen molar-refractivity contribution in [3.63, 3.8) is 0 Å². The molecule has 2 aromatic rings. The molecule has 0 amide bonds. The maximum atomic E-state index is 12.0. The Labute approximate surface area is 127 Å². The largest absolute Gasteiger partial charge is 0.382 e. The zero-order valence-corrected chi connectivity index (χ0v) is 13.0. The van der Waals surface area contributed by atoms with Crippen LogP contribution in [0.3, 0.4) is 0 Å². The highest BCUT2D eigenvalue weighted by molar-refractivity contribution is 7.09. The Morgan fingerprint density at radius 3 is 3.05 bits per heavy atom. The standard InChI is InChI=1S/C14H18ClN3OS/c1-2-3-8-18-14(19)13(15)12(10-17-18)16-7-6-11-5-4-9-20-11/h4-5,9-10,16H,2-3,6-8H2,1H3. The van der Waals surface area contributed by atoms with Crippen LogP contribution in [0.25, 0.3) is 0 Å². The lowest BCUT2D eigenvalue weighted by atomic mass is 10.3. The van der Waals surface area contributed by atoms with Crippen LogP contribution in [0.15, 0.2) is 28.5 Å². The van der Waals surface area contributed by atoms with E-state index in [4.69, 9.17) is 11.6 Å². The van der Waals surface area contributed by atoms with Gasteiger partial charge in [0.2, 0.25) is 0 Å². The fraction of sp³-hybridized carbons (Fsp3) is 0.429. The van der Waals surface area contributed by atoms with E-state index in [1.54, 1.807) is 17.5 Å². The zero-order valence-electron chi connectivity index (χ0n) is 11.4. The molecule has 0 radical (unpaired) electrons. The van der Waals surface area contributed by atoms with Crippen LogP contribution in [0, 0.1) is 0 Å². The van der Waals surface area contributed by atoms with Gasteiger partial charge in [0, 0.05) is 18.0 Å². The van der Waals surface area contributed by atoms with Gasteiger partial charge in [-0.25, -0.2) is 4.68 Å². The number of aryl methyl sites for hydroxylation is 1. The molecule has 0 aliphatic rings. The average Bonchev–Trinajstić information content (AvgIpc) is 2.96. The molecule has 0 unspecified atom stereocenters. The zero-order chi connectivity index (χ0) is 14.4. The van der Waals surface area contributed by atoms with Gasteiger partial charge in [-0.05, 0) is 24.3 Å². The highest BCUT2D eigenvalue weighted by atomic mass is 35.5. The highest BCUT2D eigenvalue weighted by Crippen LogP contribution is 2.16. The van der Waals surface area contributed by atoms with Crippen LogP contribution in [-0.4, -0.2) is 16.3 Å². The summed E-state index contributed by atoms with van der Waals surface area (Å²) in [6, 6.07) is 4.12. The minimum absolute atomic E-state index is 0.221. The van der Waals surface area contributed by atoms with Crippen LogP contribution < -0.4 is 10.9 Å². The van der Waals surface area contributed by atoms with Crippen LogP contribution in [-0.2, 0) is 13.0 Å². The van der Waals surface area contributed by atoms with Crippen molar-refractivity contribution < 1.29 is 0 Å². The second kappa shape index (κ2) is 7.45. The molecule has 6 heteroatoms. The second-order valence-electron chi connectivity index (χ2n) is 4.51. The molecule has 2 rings (SSSR count). The molecule has 1 N–H and O–H groups in total. The molecule has 0 saturated carbocycles. The average molecular weight is 312 g/mol. The van der Waals surface area contributed by atoms with E-state index in [9.17, 15) is 4.79 Å². The summed E-state index contributed by atoms with van der Waals surface area (Å²) in [5.41, 5.74) is 0.391. The fourth-order valence-electron chi connectivity index (χ4n) is 1.83. The molecule has 0 aliphatic heterocycles. The molecule has 0 spiro atoms. The van der Waals surface area contributed by atoms with Crippen LogP contribution in [0.1, 0.15) is 24.6 Å². The quantitative estimate of drug-likeness (QED) is 0.852. The van der Waals surface area contributed by atoms with E-state index in [1.165, 1.54) is 9.56 Å². The third-order valence-electron chi connectivity index (χ3n) is 2.98. The molecule has 0 atom stereocenters. The molecule has 0 saturated heterocycles. The van der Waals surface area contributed by atoms with Crippen LogP contribution in [0.5, 0.6) is 0 Å². The summed E-state index contributed by atoms with van der Waals surface area (Å²) in [5.74, 6) is 0. The summed E-state index contributed by atoms with van der Waals surface area (Å²) in [6.45, 7) is 3.43. The van der Waals surface area contributed by atoms with Crippen molar-refractivity contribution in [2.45, 2.75) is 32.7 Å². The number of aromatic nitrogens is 2. The van der Waals surface area contributed by atoms with E-state index in [1.807, 2.05) is 6.07 Å². The number of halogens is 1. The van der Waals surface area contributed by atoms with Gasteiger partial charge in [0.05, 0.1) is 11.9 Å². The van der Waals surface area contributed by atoms with Crippen molar-refractivity contribution in [2.75, 3.05) is 11.9 Å². The second-order valence-corrected chi connectivity index (χ2v) is 5.92. The van der Waals surface area contributed by atoms with Gasteiger partial charge in [-0.15, -0.1) is 11.3 Å². The molecular formula is C14H18ClN3OS. The smallest absolute Gasteiger partial charge is 0.287 e. The summed E-state index contributed by atoms with van der Waals surface area (Å²) in [7, 11) is 0. The number of hydrogen-bond acceptors (Lipinski definition) is 4. The molecule has 2 aromatic heterocycles. The minimum Gasteiger partial charge on any atom is -0.382 e. The van der Waals surface area contributed by atoms with Crippen LogP contribution in [0.2, 0.25) is 5.02 Å². The topological polar surface area (TPSA) is 46.9 Å². The first kappa shape index (κ1) is 15.1. The van der Waals surface area contributed by atoms with Gasteiger partial charge in [-0.2, -0.15) is 5.10 Å². The van der Waals surface area contributed by atoms with Gasteiger partial charge in [0.1, 0.15) is 5.02 Å².